The van der Waals surface area contributed by atoms with Gasteiger partial charge in [0, 0.05) is 6.04 Å². The predicted molar refractivity (Wildman–Crippen MR) is 55.9 cm³/mol. The fraction of sp³-hybridized carbons (Fsp3) is 0.500. The lowest BCUT2D eigenvalue weighted by Gasteiger charge is -2.28. The summed E-state index contributed by atoms with van der Waals surface area (Å²) in [6, 6.07) is 9.64. The minimum Gasteiger partial charge on any atom is -0.310 e. The number of benzene rings is 1. The molecule has 1 N–H and O–H groups in total. The zero-order valence-electron chi connectivity index (χ0n) is 8.38. The molecule has 1 aromatic rings. The van der Waals surface area contributed by atoms with Gasteiger partial charge in [0.05, 0.1) is 0 Å². The Balaban J connectivity index is 2.13. The Hall–Kier alpha value is -0.820. The third-order valence-corrected chi connectivity index (χ3v) is 2.83. The zero-order valence-corrected chi connectivity index (χ0v) is 8.38. The van der Waals surface area contributed by atoms with Crippen molar-refractivity contribution in [2.24, 2.45) is 0 Å². The van der Waals surface area contributed by atoms with Crippen molar-refractivity contribution in [2.75, 3.05) is 6.54 Å². The maximum absolute atomic E-state index is 3.41. The number of nitrogens with one attached hydrogen (secondary N) is 1. The first-order valence-electron chi connectivity index (χ1n) is 5.10. The van der Waals surface area contributed by atoms with E-state index in [1.165, 1.54) is 24.1 Å². The molecule has 0 radical (unpaired) electrons. The molecule has 1 heterocycles. The van der Waals surface area contributed by atoms with Crippen molar-refractivity contribution >= 4 is 0 Å². The van der Waals surface area contributed by atoms with Crippen molar-refractivity contribution in [1.82, 2.24) is 5.32 Å². The Kier molecular flexibility index (Phi) is 2.36. The second-order valence-corrected chi connectivity index (χ2v) is 4.12. The highest BCUT2D eigenvalue weighted by Gasteiger charge is 2.17. The standard InChI is InChI=1S/C12H17N/c1-9(2)10-3-5-11(6-4-10)12-7-8-13-12/h3-6,9,12-13H,7-8H2,1-2H3/t12-/m1/s1. The van der Waals surface area contributed by atoms with E-state index in [1.54, 1.807) is 0 Å². The van der Waals surface area contributed by atoms with Crippen LogP contribution in [-0.2, 0) is 0 Å². The fourth-order valence-corrected chi connectivity index (χ4v) is 1.69. The van der Waals surface area contributed by atoms with Crippen LogP contribution in [0.25, 0.3) is 0 Å². The highest BCUT2D eigenvalue weighted by atomic mass is 15.0. The second-order valence-electron chi connectivity index (χ2n) is 4.12. The molecule has 13 heavy (non-hydrogen) atoms. The highest BCUT2D eigenvalue weighted by molar-refractivity contribution is 5.27. The largest absolute Gasteiger partial charge is 0.310 e. The molecule has 1 heteroatoms. The topological polar surface area (TPSA) is 12.0 Å². The van der Waals surface area contributed by atoms with Crippen LogP contribution >= 0.6 is 0 Å². The molecule has 0 saturated carbocycles. The van der Waals surface area contributed by atoms with Gasteiger partial charge in [-0.3, -0.25) is 0 Å². The number of hydrogen-bond acceptors (Lipinski definition) is 1. The molecule has 1 atom stereocenters. The minimum absolute atomic E-state index is 0.626. The maximum atomic E-state index is 3.41. The quantitative estimate of drug-likeness (QED) is 0.728. The van der Waals surface area contributed by atoms with Crippen LogP contribution in [-0.4, -0.2) is 6.54 Å². The average Bonchev–Trinajstić information content (AvgIpc) is 2.02. The molecule has 1 fully saturated rings. The van der Waals surface area contributed by atoms with Crippen molar-refractivity contribution in [1.29, 1.82) is 0 Å². The Bertz CT molecular complexity index is 270. The zero-order chi connectivity index (χ0) is 9.26. The molecule has 0 unspecified atom stereocenters. The molecule has 0 aromatic heterocycles. The molecule has 0 amide bonds. The molecule has 1 nitrogen and oxygen atoms in total. The van der Waals surface area contributed by atoms with Crippen molar-refractivity contribution in [2.45, 2.75) is 32.2 Å². The monoisotopic (exact) mass is 175 g/mol. The molecule has 0 spiro atoms. The summed E-state index contributed by atoms with van der Waals surface area (Å²) in [6.45, 7) is 5.64. The average molecular weight is 175 g/mol. The molecule has 1 aliphatic heterocycles. The molecule has 1 aromatic carbocycles. The minimum atomic E-state index is 0.626. The summed E-state index contributed by atoms with van der Waals surface area (Å²) in [5, 5.41) is 3.41. The van der Waals surface area contributed by atoms with E-state index in [-0.39, 0.29) is 0 Å². The van der Waals surface area contributed by atoms with Crippen molar-refractivity contribution in [3.63, 3.8) is 0 Å². The van der Waals surface area contributed by atoms with Crippen LogP contribution in [0.3, 0.4) is 0 Å². The van der Waals surface area contributed by atoms with Gasteiger partial charge in [-0.25, -0.2) is 0 Å². The van der Waals surface area contributed by atoms with Gasteiger partial charge in [-0.1, -0.05) is 38.1 Å². The summed E-state index contributed by atoms with van der Waals surface area (Å²) in [5.74, 6) is 0.642. The van der Waals surface area contributed by atoms with Crippen LogP contribution in [0.5, 0.6) is 0 Å². The number of rotatable bonds is 2. The molecule has 70 valence electrons. The third kappa shape index (κ3) is 1.75. The van der Waals surface area contributed by atoms with Crippen molar-refractivity contribution in [3.8, 4) is 0 Å². The third-order valence-electron chi connectivity index (χ3n) is 2.83. The van der Waals surface area contributed by atoms with E-state index < -0.39 is 0 Å². The van der Waals surface area contributed by atoms with Crippen LogP contribution in [0.4, 0.5) is 0 Å². The highest BCUT2D eigenvalue weighted by Crippen LogP contribution is 2.24. The first kappa shape index (κ1) is 8.76. The first-order chi connectivity index (χ1) is 6.27. The van der Waals surface area contributed by atoms with Gasteiger partial charge >= 0.3 is 0 Å². The Morgan fingerprint density at radius 3 is 2.23 bits per heavy atom. The van der Waals surface area contributed by atoms with Gasteiger partial charge in [0.15, 0.2) is 0 Å². The van der Waals surface area contributed by atoms with Gasteiger partial charge in [-0.2, -0.15) is 0 Å². The summed E-state index contributed by atoms with van der Waals surface area (Å²) in [4.78, 5) is 0. The first-order valence-corrected chi connectivity index (χ1v) is 5.10. The van der Waals surface area contributed by atoms with Crippen molar-refractivity contribution < 1.29 is 0 Å². The molecule has 0 bridgehead atoms. The number of hydrogen-bond donors (Lipinski definition) is 1. The van der Waals surface area contributed by atoms with Gasteiger partial charge in [0.1, 0.15) is 0 Å². The molecule has 2 rings (SSSR count). The van der Waals surface area contributed by atoms with Crippen LogP contribution in [0.2, 0.25) is 0 Å². The lowest BCUT2D eigenvalue weighted by Crippen LogP contribution is -2.34. The van der Waals surface area contributed by atoms with Crippen LogP contribution < -0.4 is 5.32 Å². The molecule has 0 aliphatic carbocycles. The van der Waals surface area contributed by atoms with E-state index in [0.717, 1.165) is 0 Å². The van der Waals surface area contributed by atoms with E-state index in [1.807, 2.05) is 0 Å². The van der Waals surface area contributed by atoms with Gasteiger partial charge in [-0.05, 0) is 30.0 Å². The van der Waals surface area contributed by atoms with E-state index in [4.69, 9.17) is 0 Å². The van der Waals surface area contributed by atoms with Crippen molar-refractivity contribution in [3.05, 3.63) is 35.4 Å². The Morgan fingerprint density at radius 1 is 1.23 bits per heavy atom. The van der Waals surface area contributed by atoms with Gasteiger partial charge in [0.2, 0.25) is 0 Å². The summed E-state index contributed by atoms with van der Waals surface area (Å²) < 4.78 is 0. The van der Waals surface area contributed by atoms with E-state index in [0.29, 0.717) is 12.0 Å². The summed E-state index contributed by atoms with van der Waals surface area (Å²) >= 11 is 0. The lowest BCUT2D eigenvalue weighted by molar-refractivity contribution is 0.383. The summed E-state index contributed by atoms with van der Waals surface area (Å²) in [5.41, 5.74) is 2.87. The molecular weight excluding hydrogens is 158 g/mol. The molecular formula is C12H17N. The normalized spacial score (nSPS) is 21.6. The summed E-state index contributed by atoms with van der Waals surface area (Å²) in [6.07, 6.45) is 1.29. The van der Waals surface area contributed by atoms with Gasteiger partial charge in [0.25, 0.3) is 0 Å². The fourth-order valence-electron chi connectivity index (χ4n) is 1.69. The van der Waals surface area contributed by atoms with Crippen LogP contribution in [0.15, 0.2) is 24.3 Å². The van der Waals surface area contributed by atoms with E-state index in [9.17, 15) is 0 Å². The maximum Gasteiger partial charge on any atom is 0.0332 e. The predicted octanol–water partition coefficient (Wildman–Crippen LogP) is 2.84. The Labute approximate surface area is 80.2 Å². The smallest absolute Gasteiger partial charge is 0.0332 e. The molecule has 1 aliphatic rings. The molecule has 1 saturated heterocycles. The van der Waals surface area contributed by atoms with Gasteiger partial charge in [-0.15, -0.1) is 0 Å². The lowest BCUT2D eigenvalue weighted by atomic mass is 9.95. The van der Waals surface area contributed by atoms with Gasteiger partial charge < -0.3 is 5.32 Å². The van der Waals surface area contributed by atoms with Crippen LogP contribution in [0.1, 0.15) is 43.4 Å². The van der Waals surface area contributed by atoms with E-state index in [2.05, 4.69) is 43.4 Å². The Morgan fingerprint density at radius 2 is 1.85 bits per heavy atom. The van der Waals surface area contributed by atoms with E-state index >= 15 is 0 Å². The summed E-state index contributed by atoms with van der Waals surface area (Å²) in [7, 11) is 0. The SMILES string of the molecule is CC(C)c1ccc([C@H]2CCN2)cc1. The van der Waals surface area contributed by atoms with Crippen LogP contribution in [0, 0.1) is 0 Å². The second kappa shape index (κ2) is 3.51.